The summed E-state index contributed by atoms with van der Waals surface area (Å²) in [6.07, 6.45) is 1.93. The minimum absolute atomic E-state index is 0.517. The van der Waals surface area contributed by atoms with Crippen LogP contribution in [0.25, 0.3) is 0 Å². The monoisotopic (exact) mass is 233 g/mol. The second-order valence-electron chi connectivity index (χ2n) is 2.92. The Morgan fingerprint density at radius 2 is 1.93 bits per heavy atom. The first-order valence-electron chi connectivity index (χ1n) is 4.52. The lowest BCUT2D eigenvalue weighted by Gasteiger charge is -2.06. The average Bonchev–Trinajstić information content (AvgIpc) is 2.18. The minimum atomic E-state index is 0.517. The zero-order valence-corrected chi connectivity index (χ0v) is 9.31. The number of halogens is 2. The summed E-state index contributed by atoms with van der Waals surface area (Å²) in [7, 11) is 0. The molecule has 0 aliphatic carbocycles. The maximum Gasteiger partial charge on any atom is 0.120 e. The van der Waals surface area contributed by atoms with E-state index >= 15 is 0 Å². The van der Waals surface area contributed by atoms with Crippen LogP contribution < -0.4 is 10.5 Å². The van der Waals surface area contributed by atoms with Crippen LogP contribution in [0.2, 0.25) is 10.0 Å². The van der Waals surface area contributed by atoms with Gasteiger partial charge in [0.1, 0.15) is 5.75 Å². The summed E-state index contributed by atoms with van der Waals surface area (Å²) in [4.78, 5) is 0. The van der Waals surface area contributed by atoms with Gasteiger partial charge in [0, 0.05) is 6.07 Å². The van der Waals surface area contributed by atoms with E-state index in [0.29, 0.717) is 23.2 Å². The molecule has 0 atom stereocenters. The summed E-state index contributed by atoms with van der Waals surface area (Å²) in [5.74, 6) is 0.747. The molecule has 1 aromatic carbocycles. The lowest BCUT2D eigenvalue weighted by atomic mass is 10.3. The Kier molecular flexibility index (Phi) is 5.09. The molecule has 4 heteroatoms. The SMILES string of the molecule is NCCCCOc1ccc(Cl)c(Cl)c1. The fourth-order valence-corrected chi connectivity index (χ4v) is 1.29. The van der Waals surface area contributed by atoms with Crippen LogP contribution in [0.4, 0.5) is 0 Å². The Morgan fingerprint density at radius 1 is 1.14 bits per heavy atom. The van der Waals surface area contributed by atoms with Gasteiger partial charge in [0.15, 0.2) is 0 Å². The first-order valence-corrected chi connectivity index (χ1v) is 5.27. The number of hydrogen-bond donors (Lipinski definition) is 1. The Morgan fingerprint density at radius 3 is 2.57 bits per heavy atom. The summed E-state index contributed by atoms with van der Waals surface area (Å²) in [6.45, 7) is 1.36. The number of ether oxygens (including phenoxy) is 1. The normalized spacial score (nSPS) is 10.2. The van der Waals surface area contributed by atoms with E-state index in [-0.39, 0.29) is 0 Å². The van der Waals surface area contributed by atoms with E-state index in [9.17, 15) is 0 Å². The lowest BCUT2D eigenvalue weighted by Crippen LogP contribution is -2.03. The van der Waals surface area contributed by atoms with Crippen molar-refractivity contribution in [3.8, 4) is 5.75 Å². The van der Waals surface area contributed by atoms with Crippen LogP contribution in [0.3, 0.4) is 0 Å². The van der Waals surface area contributed by atoms with Gasteiger partial charge in [-0.25, -0.2) is 0 Å². The molecule has 0 bridgehead atoms. The standard InChI is InChI=1S/C10H13Cl2NO/c11-9-4-3-8(7-10(9)12)14-6-2-1-5-13/h3-4,7H,1-2,5-6,13H2. The highest BCUT2D eigenvalue weighted by molar-refractivity contribution is 6.42. The highest BCUT2D eigenvalue weighted by Gasteiger charge is 1.99. The Hall–Kier alpha value is -0.440. The van der Waals surface area contributed by atoms with E-state index < -0.39 is 0 Å². The van der Waals surface area contributed by atoms with Gasteiger partial charge >= 0.3 is 0 Å². The second-order valence-corrected chi connectivity index (χ2v) is 3.73. The third-order valence-corrected chi connectivity index (χ3v) is 2.50. The van der Waals surface area contributed by atoms with Crippen LogP contribution in [0.1, 0.15) is 12.8 Å². The van der Waals surface area contributed by atoms with E-state index in [2.05, 4.69) is 0 Å². The van der Waals surface area contributed by atoms with Crippen LogP contribution in [0.5, 0.6) is 5.75 Å². The van der Waals surface area contributed by atoms with E-state index in [1.54, 1.807) is 18.2 Å². The topological polar surface area (TPSA) is 35.2 Å². The third kappa shape index (κ3) is 3.74. The molecule has 0 aromatic heterocycles. The molecular weight excluding hydrogens is 221 g/mol. The number of rotatable bonds is 5. The number of hydrogen-bond acceptors (Lipinski definition) is 2. The van der Waals surface area contributed by atoms with Crippen molar-refractivity contribution in [2.45, 2.75) is 12.8 Å². The molecule has 0 saturated carbocycles. The molecule has 0 aliphatic rings. The largest absolute Gasteiger partial charge is 0.494 e. The summed E-state index contributed by atoms with van der Waals surface area (Å²) in [5.41, 5.74) is 5.36. The van der Waals surface area contributed by atoms with E-state index in [4.69, 9.17) is 33.7 Å². The smallest absolute Gasteiger partial charge is 0.120 e. The fraction of sp³-hybridized carbons (Fsp3) is 0.400. The van der Waals surface area contributed by atoms with Crippen LogP contribution in [0, 0.1) is 0 Å². The summed E-state index contributed by atoms with van der Waals surface area (Å²) in [5, 5.41) is 1.06. The summed E-state index contributed by atoms with van der Waals surface area (Å²) in [6, 6.07) is 5.24. The van der Waals surface area contributed by atoms with Crippen molar-refractivity contribution in [3.63, 3.8) is 0 Å². The highest BCUT2D eigenvalue weighted by atomic mass is 35.5. The molecule has 0 spiro atoms. The van der Waals surface area contributed by atoms with Crippen LogP contribution >= 0.6 is 23.2 Å². The van der Waals surface area contributed by atoms with Crippen molar-refractivity contribution in [2.24, 2.45) is 5.73 Å². The zero-order valence-electron chi connectivity index (χ0n) is 7.80. The van der Waals surface area contributed by atoms with E-state index in [0.717, 1.165) is 18.6 Å². The molecule has 14 heavy (non-hydrogen) atoms. The fourth-order valence-electron chi connectivity index (χ4n) is 1.00. The van der Waals surface area contributed by atoms with Crippen molar-refractivity contribution < 1.29 is 4.74 Å². The summed E-state index contributed by atoms with van der Waals surface area (Å²) >= 11 is 11.6. The molecule has 2 N–H and O–H groups in total. The molecule has 0 aliphatic heterocycles. The molecule has 1 rings (SSSR count). The Balaban J connectivity index is 2.39. The maximum atomic E-state index is 5.82. The van der Waals surface area contributed by atoms with Gasteiger partial charge in [0.2, 0.25) is 0 Å². The first-order chi connectivity index (χ1) is 6.74. The molecule has 0 radical (unpaired) electrons. The van der Waals surface area contributed by atoms with Crippen molar-refractivity contribution in [3.05, 3.63) is 28.2 Å². The van der Waals surface area contributed by atoms with Crippen LogP contribution in [0.15, 0.2) is 18.2 Å². The molecule has 0 fully saturated rings. The predicted octanol–water partition coefficient (Wildman–Crippen LogP) is 3.11. The molecule has 78 valence electrons. The van der Waals surface area contributed by atoms with Crippen molar-refractivity contribution in [1.29, 1.82) is 0 Å². The predicted molar refractivity (Wildman–Crippen MR) is 60.2 cm³/mol. The van der Waals surface area contributed by atoms with Crippen molar-refractivity contribution in [2.75, 3.05) is 13.2 Å². The van der Waals surface area contributed by atoms with Gasteiger partial charge in [-0.2, -0.15) is 0 Å². The molecule has 2 nitrogen and oxygen atoms in total. The van der Waals surface area contributed by atoms with E-state index in [1.807, 2.05) is 0 Å². The number of benzene rings is 1. The van der Waals surface area contributed by atoms with Gasteiger partial charge < -0.3 is 10.5 Å². The Labute approximate surface area is 94.0 Å². The lowest BCUT2D eigenvalue weighted by molar-refractivity contribution is 0.308. The maximum absolute atomic E-state index is 5.82. The quantitative estimate of drug-likeness (QED) is 0.794. The van der Waals surface area contributed by atoms with Gasteiger partial charge in [-0.3, -0.25) is 0 Å². The van der Waals surface area contributed by atoms with Crippen molar-refractivity contribution >= 4 is 23.2 Å². The van der Waals surface area contributed by atoms with Gasteiger partial charge in [-0.15, -0.1) is 0 Å². The van der Waals surface area contributed by atoms with Crippen LogP contribution in [-0.2, 0) is 0 Å². The zero-order chi connectivity index (χ0) is 10.4. The van der Waals surface area contributed by atoms with Gasteiger partial charge in [0.25, 0.3) is 0 Å². The second kappa shape index (κ2) is 6.12. The third-order valence-electron chi connectivity index (χ3n) is 1.76. The highest BCUT2D eigenvalue weighted by Crippen LogP contribution is 2.26. The molecular formula is C10H13Cl2NO. The van der Waals surface area contributed by atoms with Crippen molar-refractivity contribution in [1.82, 2.24) is 0 Å². The molecule has 0 saturated heterocycles. The number of nitrogens with two attached hydrogens (primary N) is 1. The average molecular weight is 234 g/mol. The van der Waals surface area contributed by atoms with Gasteiger partial charge in [0.05, 0.1) is 16.7 Å². The molecule has 0 amide bonds. The van der Waals surface area contributed by atoms with Gasteiger partial charge in [-0.05, 0) is 31.5 Å². The minimum Gasteiger partial charge on any atom is -0.494 e. The number of unbranched alkanes of at least 4 members (excludes halogenated alkanes) is 1. The molecule has 0 unspecified atom stereocenters. The Bertz CT molecular complexity index is 291. The summed E-state index contributed by atoms with van der Waals surface area (Å²) < 4.78 is 5.45. The van der Waals surface area contributed by atoms with Crippen LogP contribution in [-0.4, -0.2) is 13.2 Å². The molecule has 0 heterocycles. The van der Waals surface area contributed by atoms with E-state index in [1.165, 1.54) is 0 Å². The van der Waals surface area contributed by atoms with Gasteiger partial charge in [-0.1, -0.05) is 23.2 Å². The first kappa shape index (κ1) is 11.6. The molecule has 1 aromatic rings.